The Morgan fingerprint density at radius 3 is 2.56 bits per heavy atom. The fourth-order valence-corrected chi connectivity index (χ4v) is 4.63. The van der Waals surface area contributed by atoms with Crippen LogP contribution in [0.2, 0.25) is 0 Å². The average molecular weight is 384 g/mol. The van der Waals surface area contributed by atoms with Crippen LogP contribution in [0.15, 0.2) is 12.4 Å². The van der Waals surface area contributed by atoms with Crippen LogP contribution in [0.5, 0.6) is 0 Å². The van der Waals surface area contributed by atoms with Gasteiger partial charge in [-0.2, -0.15) is 5.26 Å². The van der Waals surface area contributed by atoms with E-state index in [1.807, 2.05) is 0 Å². The number of nitrogens with one attached hydrogen (secondary N) is 1. The third-order valence-corrected chi connectivity index (χ3v) is 6.11. The molecular formula is C19H20N4O3S. The van der Waals surface area contributed by atoms with Crippen molar-refractivity contribution in [1.29, 1.82) is 5.26 Å². The predicted molar refractivity (Wildman–Crippen MR) is 101 cm³/mol. The molecule has 1 atom stereocenters. The summed E-state index contributed by atoms with van der Waals surface area (Å²) in [5.74, 6) is -1.49. The molecule has 1 unspecified atom stereocenters. The van der Waals surface area contributed by atoms with E-state index in [-0.39, 0.29) is 11.1 Å². The van der Waals surface area contributed by atoms with Crippen LogP contribution < -0.4 is 5.32 Å². The molecule has 2 heterocycles. The number of nitrogens with zero attached hydrogens (tertiary/aromatic N) is 3. The lowest BCUT2D eigenvalue weighted by atomic mass is 9.72. The molecule has 0 fully saturated rings. The minimum atomic E-state index is -1.33. The quantitative estimate of drug-likeness (QED) is 0.836. The summed E-state index contributed by atoms with van der Waals surface area (Å²) in [4.78, 5) is 32.5. The predicted octanol–water partition coefficient (Wildman–Crippen LogP) is 3.51. The van der Waals surface area contributed by atoms with Crippen molar-refractivity contribution in [3.63, 3.8) is 0 Å². The highest BCUT2D eigenvalue weighted by atomic mass is 32.1. The molecule has 0 spiro atoms. The van der Waals surface area contributed by atoms with Crippen LogP contribution in [0.3, 0.4) is 0 Å². The lowest BCUT2D eigenvalue weighted by molar-refractivity contribution is 0.0685. The molecule has 7 nitrogen and oxygen atoms in total. The van der Waals surface area contributed by atoms with E-state index >= 15 is 0 Å². The second-order valence-electron chi connectivity index (χ2n) is 7.64. The Balaban J connectivity index is 1.91. The number of amides is 1. The summed E-state index contributed by atoms with van der Waals surface area (Å²) in [6.45, 7) is 6.64. The molecule has 0 saturated heterocycles. The smallest absolute Gasteiger partial charge is 0.356 e. The fraction of sp³-hybridized carbons (Fsp3) is 0.421. The first-order chi connectivity index (χ1) is 12.7. The third-order valence-electron chi connectivity index (χ3n) is 4.94. The number of carbonyl (C=O) groups excluding carboxylic acids is 1. The monoisotopic (exact) mass is 384 g/mol. The molecular weight excluding hydrogens is 364 g/mol. The zero-order chi connectivity index (χ0) is 19.8. The summed E-state index contributed by atoms with van der Waals surface area (Å²) < 4.78 is 0. The van der Waals surface area contributed by atoms with Crippen molar-refractivity contribution in [2.75, 3.05) is 5.32 Å². The highest BCUT2D eigenvalue weighted by molar-refractivity contribution is 7.16. The molecule has 2 aromatic heterocycles. The molecule has 1 amide bonds. The van der Waals surface area contributed by atoms with E-state index in [9.17, 15) is 20.0 Å². The minimum Gasteiger partial charge on any atom is -0.476 e. The number of hydrogen-bond donors (Lipinski definition) is 2. The number of fused-ring (bicyclic) bond motifs is 1. The van der Waals surface area contributed by atoms with Gasteiger partial charge in [0.2, 0.25) is 0 Å². The first-order valence-corrected chi connectivity index (χ1v) is 9.44. The number of aromatic carboxylic acids is 1. The second kappa shape index (κ2) is 7.08. The molecule has 2 N–H and O–H groups in total. The molecule has 2 aromatic rings. The Morgan fingerprint density at radius 1 is 1.30 bits per heavy atom. The zero-order valence-electron chi connectivity index (χ0n) is 15.4. The number of anilines is 1. The van der Waals surface area contributed by atoms with E-state index in [0.29, 0.717) is 16.5 Å². The van der Waals surface area contributed by atoms with E-state index in [2.05, 4.69) is 42.1 Å². The summed E-state index contributed by atoms with van der Waals surface area (Å²) in [6, 6.07) is 2.19. The van der Waals surface area contributed by atoms with Gasteiger partial charge in [-0.15, -0.1) is 11.3 Å². The number of carbonyl (C=O) groups is 2. The van der Waals surface area contributed by atoms with Crippen LogP contribution in [0.25, 0.3) is 0 Å². The van der Waals surface area contributed by atoms with Gasteiger partial charge in [0.15, 0.2) is 11.4 Å². The van der Waals surface area contributed by atoms with Gasteiger partial charge in [-0.05, 0) is 36.2 Å². The fourth-order valence-electron chi connectivity index (χ4n) is 3.35. The van der Waals surface area contributed by atoms with E-state index in [0.717, 1.165) is 29.7 Å². The van der Waals surface area contributed by atoms with Gasteiger partial charge in [0.25, 0.3) is 5.91 Å². The van der Waals surface area contributed by atoms with E-state index < -0.39 is 17.6 Å². The maximum Gasteiger partial charge on any atom is 0.356 e. The molecule has 3 rings (SSSR count). The standard InChI is InChI=1S/C19H20N4O3S/c1-19(2,3)10-4-5-11-12(9-20)17(27-13(11)8-10)23-16(24)14-15(18(25)26)22-7-6-21-14/h6-7,10H,4-5,8H2,1-3H3,(H,23,24)(H,25,26). The third kappa shape index (κ3) is 3.69. The molecule has 0 aromatic carbocycles. The van der Waals surface area contributed by atoms with Crippen molar-refractivity contribution in [3.8, 4) is 6.07 Å². The van der Waals surface area contributed by atoms with Crippen LogP contribution in [0.4, 0.5) is 5.00 Å². The zero-order valence-corrected chi connectivity index (χ0v) is 16.2. The Morgan fingerprint density at radius 2 is 1.96 bits per heavy atom. The van der Waals surface area contributed by atoms with E-state index in [1.54, 1.807) is 0 Å². The van der Waals surface area contributed by atoms with Gasteiger partial charge in [-0.1, -0.05) is 20.8 Å². The van der Waals surface area contributed by atoms with Crippen molar-refractivity contribution >= 4 is 28.2 Å². The van der Waals surface area contributed by atoms with Gasteiger partial charge < -0.3 is 10.4 Å². The molecule has 27 heavy (non-hydrogen) atoms. The van der Waals surface area contributed by atoms with Gasteiger partial charge in [0, 0.05) is 17.3 Å². The summed E-state index contributed by atoms with van der Waals surface area (Å²) in [7, 11) is 0. The minimum absolute atomic E-state index is 0.175. The van der Waals surface area contributed by atoms with Crippen LogP contribution in [-0.4, -0.2) is 27.0 Å². The molecule has 1 aliphatic rings. The van der Waals surface area contributed by atoms with Gasteiger partial charge in [0.1, 0.15) is 11.1 Å². The molecule has 0 radical (unpaired) electrons. The molecule has 0 aliphatic heterocycles. The SMILES string of the molecule is CC(C)(C)C1CCc2c(sc(NC(=O)c3nccnc3C(=O)O)c2C#N)C1. The molecule has 140 valence electrons. The molecule has 0 saturated carbocycles. The first-order valence-electron chi connectivity index (χ1n) is 8.62. The lowest BCUT2D eigenvalue weighted by Gasteiger charge is -2.33. The van der Waals surface area contributed by atoms with Crippen LogP contribution in [0.1, 0.15) is 64.2 Å². The number of carboxylic acid groups (broad SMARTS) is 1. The Hall–Kier alpha value is -2.79. The number of carboxylic acids is 1. The van der Waals surface area contributed by atoms with Crippen LogP contribution in [0, 0.1) is 22.7 Å². The maximum absolute atomic E-state index is 12.6. The topological polar surface area (TPSA) is 116 Å². The van der Waals surface area contributed by atoms with Crippen molar-refractivity contribution < 1.29 is 14.7 Å². The average Bonchev–Trinajstić information content (AvgIpc) is 2.96. The normalized spacial score (nSPS) is 16.3. The van der Waals surface area contributed by atoms with Gasteiger partial charge in [-0.3, -0.25) is 4.79 Å². The van der Waals surface area contributed by atoms with Crippen LogP contribution >= 0.6 is 11.3 Å². The summed E-state index contributed by atoms with van der Waals surface area (Å²) in [5.41, 5.74) is 0.955. The van der Waals surface area contributed by atoms with Crippen molar-refractivity contribution in [3.05, 3.63) is 39.8 Å². The summed E-state index contributed by atoms with van der Waals surface area (Å²) in [5, 5.41) is 21.9. The van der Waals surface area contributed by atoms with Crippen LogP contribution in [-0.2, 0) is 12.8 Å². The van der Waals surface area contributed by atoms with E-state index in [4.69, 9.17) is 0 Å². The summed E-state index contributed by atoms with van der Waals surface area (Å²) >= 11 is 1.39. The number of rotatable bonds is 3. The number of aromatic nitrogens is 2. The van der Waals surface area contributed by atoms with Crippen molar-refractivity contribution in [2.45, 2.75) is 40.0 Å². The van der Waals surface area contributed by atoms with Crippen molar-refractivity contribution in [2.24, 2.45) is 11.3 Å². The highest BCUT2D eigenvalue weighted by Crippen LogP contribution is 2.44. The van der Waals surface area contributed by atoms with Gasteiger partial charge in [-0.25, -0.2) is 14.8 Å². The summed E-state index contributed by atoms with van der Waals surface area (Å²) in [6.07, 6.45) is 5.16. The number of thiophene rings is 1. The first kappa shape index (κ1) is 19.0. The highest BCUT2D eigenvalue weighted by Gasteiger charge is 2.32. The Bertz CT molecular complexity index is 953. The lowest BCUT2D eigenvalue weighted by Crippen LogP contribution is -2.26. The number of nitriles is 1. The maximum atomic E-state index is 12.6. The molecule has 8 heteroatoms. The second-order valence-corrected chi connectivity index (χ2v) is 8.74. The largest absolute Gasteiger partial charge is 0.476 e. The van der Waals surface area contributed by atoms with Crippen molar-refractivity contribution in [1.82, 2.24) is 9.97 Å². The van der Waals surface area contributed by atoms with Gasteiger partial charge >= 0.3 is 5.97 Å². The Labute approximate surface area is 161 Å². The Kier molecular flexibility index (Phi) is 4.98. The van der Waals surface area contributed by atoms with E-state index in [1.165, 1.54) is 23.7 Å². The number of hydrogen-bond acceptors (Lipinski definition) is 6. The molecule has 1 aliphatic carbocycles. The van der Waals surface area contributed by atoms with Gasteiger partial charge in [0.05, 0.1) is 5.56 Å². The molecule has 0 bridgehead atoms.